The Morgan fingerprint density at radius 3 is 1.09 bits per heavy atom. The molecule has 0 unspecified atom stereocenters. The zero-order chi connectivity index (χ0) is 24.0. The van der Waals surface area contributed by atoms with E-state index in [0.717, 1.165) is 33.4 Å². The molecule has 0 aromatic heterocycles. The first-order chi connectivity index (χ1) is 15.3. The lowest BCUT2D eigenvalue weighted by Gasteiger charge is -2.25. The Labute approximate surface area is 191 Å². The number of benzene rings is 2. The predicted octanol–water partition coefficient (Wildman–Crippen LogP) is 5.64. The molecule has 32 heavy (non-hydrogen) atoms. The van der Waals surface area contributed by atoms with Gasteiger partial charge in [0.2, 0.25) is 11.5 Å². The second kappa shape index (κ2) is 10.8. The predicted molar refractivity (Wildman–Crippen MR) is 128 cm³/mol. The maximum Gasteiger partial charge on any atom is 0.203 e. The number of hydrogen-bond donors (Lipinski definition) is 0. The normalized spacial score (nSPS) is 10.4. The lowest BCUT2D eigenvalue weighted by molar-refractivity contribution is 0.321. The van der Waals surface area contributed by atoms with Gasteiger partial charge in [0.05, 0.1) is 42.7 Å². The summed E-state index contributed by atoms with van der Waals surface area (Å²) in [6.07, 6.45) is 1.21. The molecule has 6 nitrogen and oxygen atoms in total. The number of allylic oxidation sites excluding steroid dienone is 2. The quantitative estimate of drug-likeness (QED) is 0.420. The third-order valence-corrected chi connectivity index (χ3v) is 5.06. The minimum absolute atomic E-state index is 0.494. The Balaban J connectivity index is 3.14. The van der Waals surface area contributed by atoms with Crippen molar-refractivity contribution in [3.05, 3.63) is 47.6 Å². The summed E-state index contributed by atoms with van der Waals surface area (Å²) in [5, 5.41) is 0. The molecule has 0 radical (unpaired) electrons. The third kappa shape index (κ3) is 4.79. The van der Waals surface area contributed by atoms with Crippen LogP contribution < -0.4 is 28.4 Å². The summed E-state index contributed by atoms with van der Waals surface area (Å²) in [5.74, 6) is 3.21. The van der Waals surface area contributed by atoms with Gasteiger partial charge in [-0.15, -0.1) is 0 Å². The van der Waals surface area contributed by atoms with Crippen LogP contribution in [0.2, 0.25) is 0 Å². The highest BCUT2D eigenvalue weighted by Crippen LogP contribution is 2.54. The van der Waals surface area contributed by atoms with E-state index in [2.05, 4.69) is 13.2 Å². The molecule has 2 rings (SSSR count). The van der Waals surface area contributed by atoms with Gasteiger partial charge in [0.1, 0.15) is 0 Å². The molecule has 0 fully saturated rings. The van der Waals surface area contributed by atoms with Crippen LogP contribution in [0.25, 0.3) is 11.1 Å². The average Bonchev–Trinajstić information content (AvgIpc) is 2.76. The first kappa shape index (κ1) is 25.0. The van der Waals surface area contributed by atoms with Crippen LogP contribution in [0.1, 0.15) is 25.0 Å². The van der Waals surface area contributed by atoms with E-state index in [9.17, 15) is 0 Å². The summed E-state index contributed by atoms with van der Waals surface area (Å²) in [6.45, 7) is 12.2. The summed E-state index contributed by atoms with van der Waals surface area (Å²) in [7, 11) is 9.59. The number of rotatable bonds is 11. The number of ether oxygens (including phenoxy) is 6. The van der Waals surface area contributed by atoms with E-state index in [1.807, 2.05) is 26.0 Å². The van der Waals surface area contributed by atoms with Gasteiger partial charge in [0.25, 0.3) is 0 Å². The molecular formula is C26H34O6. The molecule has 6 heteroatoms. The van der Waals surface area contributed by atoms with Gasteiger partial charge in [-0.3, -0.25) is 0 Å². The monoisotopic (exact) mass is 442 g/mol. The van der Waals surface area contributed by atoms with Crippen LogP contribution in [0, 0.1) is 0 Å². The zero-order valence-electron chi connectivity index (χ0n) is 20.4. The Bertz CT molecular complexity index is 925. The van der Waals surface area contributed by atoms with E-state index in [4.69, 9.17) is 28.4 Å². The minimum Gasteiger partial charge on any atom is -0.493 e. The Hall–Kier alpha value is -3.28. The largest absolute Gasteiger partial charge is 0.493 e. The van der Waals surface area contributed by atoms with Gasteiger partial charge in [-0.25, -0.2) is 0 Å². The molecule has 0 spiro atoms. The molecule has 0 bridgehead atoms. The second-order valence-corrected chi connectivity index (χ2v) is 7.63. The van der Waals surface area contributed by atoms with Crippen LogP contribution in [-0.2, 0) is 12.8 Å². The van der Waals surface area contributed by atoms with E-state index in [1.54, 1.807) is 42.7 Å². The zero-order valence-corrected chi connectivity index (χ0v) is 20.4. The van der Waals surface area contributed by atoms with Crippen molar-refractivity contribution < 1.29 is 28.4 Å². The summed E-state index contributed by atoms with van der Waals surface area (Å²) >= 11 is 0. The number of hydrogen-bond acceptors (Lipinski definition) is 6. The fraction of sp³-hybridized carbons (Fsp3) is 0.385. The SMILES string of the molecule is C=C(C)Cc1cc(OC)c(OC)c(OC)c1-c1c(CC(=C)C)cc(OC)c(OC)c1OC. The summed E-state index contributed by atoms with van der Waals surface area (Å²) in [4.78, 5) is 0. The highest BCUT2D eigenvalue weighted by Gasteiger charge is 2.29. The minimum atomic E-state index is 0.494. The van der Waals surface area contributed by atoms with Gasteiger partial charge in [0.15, 0.2) is 23.0 Å². The lowest BCUT2D eigenvalue weighted by atomic mass is 9.88. The van der Waals surface area contributed by atoms with Crippen LogP contribution >= 0.6 is 0 Å². The summed E-state index contributed by atoms with van der Waals surface area (Å²) in [6, 6.07) is 3.90. The Morgan fingerprint density at radius 2 is 0.875 bits per heavy atom. The molecule has 0 N–H and O–H groups in total. The van der Waals surface area contributed by atoms with Crippen LogP contribution in [0.15, 0.2) is 36.4 Å². The summed E-state index contributed by atoms with van der Waals surface area (Å²) < 4.78 is 34.4. The van der Waals surface area contributed by atoms with Gasteiger partial charge in [0, 0.05) is 11.1 Å². The molecule has 2 aromatic carbocycles. The van der Waals surface area contributed by atoms with Crippen molar-refractivity contribution in [3.63, 3.8) is 0 Å². The van der Waals surface area contributed by atoms with Crippen LogP contribution in [0.3, 0.4) is 0 Å². The van der Waals surface area contributed by atoms with Crippen molar-refractivity contribution in [2.45, 2.75) is 26.7 Å². The molecule has 0 amide bonds. The molecule has 0 aliphatic carbocycles. The van der Waals surface area contributed by atoms with Crippen LogP contribution in [-0.4, -0.2) is 42.7 Å². The number of methoxy groups -OCH3 is 6. The van der Waals surface area contributed by atoms with E-state index in [1.165, 1.54) is 0 Å². The summed E-state index contributed by atoms with van der Waals surface area (Å²) in [5.41, 5.74) is 5.54. The van der Waals surface area contributed by atoms with Gasteiger partial charge in [-0.1, -0.05) is 24.3 Å². The highest BCUT2D eigenvalue weighted by atomic mass is 16.5. The first-order valence-corrected chi connectivity index (χ1v) is 10.2. The molecule has 0 atom stereocenters. The first-order valence-electron chi connectivity index (χ1n) is 10.2. The van der Waals surface area contributed by atoms with Gasteiger partial charge < -0.3 is 28.4 Å². The molecule has 0 saturated heterocycles. The van der Waals surface area contributed by atoms with Gasteiger partial charge in [-0.05, 0) is 49.9 Å². The lowest BCUT2D eigenvalue weighted by Crippen LogP contribution is -2.06. The highest BCUT2D eigenvalue weighted by molar-refractivity contribution is 5.88. The standard InChI is InChI=1S/C26H34O6/c1-15(2)11-17-13-19(27-5)23(29-7)25(31-9)21(17)22-18(12-16(3)4)14-20(28-6)24(30-8)26(22)32-10/h13-14H,1,3,11-12H2,2,4-10H3. The topological polar surface area (TPSA) is 55.4 Å². The van der Waals surface area contributed by atoms with E-state index >= 15 is 0 Å². The molecule has 174 valence electrons. The fourth-order valence-electron chi connectivity index (χ4n) is 3.89. The molecular weight excluding hydrogens is 408 g/mol. The van der Waals surface area contributed by atoms with Gasteiger partial charge in [-0.2, -0.15) is 0 Å². The van der Waals surface area contributed by atoms with Crippen molar-refractivity contribution in [1.29, 1.82) is 0 Å². The van der Waals surface area contributed by atoms with Crippen molar-refractivity contribution >= 4 is 0 Å². The second-order valence-electron chi connectivity index (χ2n) is 7.63. The van der Waals surface area contributed by atoms with Crippen LogP contribution in [0.4, 0.5) is 0 Å². The maximum atomic E-state index is 5.89. The molecule has 0 aliphatic heterocycles. The molecule has 2 aromatic rings. The Morgan fingerprint density at radius 1 is 0.562 bits per heavy atom. The smallest absolute Gasteiger partial charge is 0.203 e. The third-order valence-electron chi connectivity index (χ3n) is 5.06. The molecule has 0 heterocycles. The van der Waals surface area contributed by atoms with Crippen molar-refractivity contribution in [2.24, 2.45) is 0 Å². The molecule has 0 aliphatic rings. The van der Waals surface area contributed by atoms with Crippen molar-refractivity contribution in [3.8, 4) is 45.6 Å². The van der Waals surface area contributed by atoms with Crippen molar-refractivity contribution in [2.75, 3.05) is 42.7 Å². The average molecular weight is 443 g/mol. The Kier molecular flexibility index (Phi) is 8.47. The van der Waals surface area contributed by atoms with E-state index < -0.39 is 0 Å². The van der Waals surface area contributed by atoms with E-state index in [0.29, 0.717) is 47.3 Å². The van der Waals surface area contributed by atoms with Crippen molar-refractivity contribution in [1.82, 2.24) is 0 Å². The molecule has 0 saturated carbocycles. The maximum absolute atomic E-state index is 5.89. The van der Waals surface area contributed by atoms with Gasteiger partial charge >= 0.3 is 0 Å². The van der Waals surface area contributed by atoms with Crippen LogP contribution in [0.5, 0.6) is 34.5 Å². The fourth-order valence-corrected chi connectivity index (χ4v) is 3.89. The van der Waals surface area contributed by atoms with E-state index in [-0.39, 0.29) is 0 Å².